The van der Waals surface area contributed by atoms with Crippen LogP contribution in [-0.2, 0) is 0 Å². The van der Waals surface area contributed by atoms with Crippen LogP contribution in [0.2, 0.25) is 0 Å². The van der Waals surface area contributed by atoms with E-state index >= 15 is 0 Å². The molecule has 0 aromatic heterocycles. The molecule has 0 spiro atoms. The summed E-state index contributed by atoms with van der Waals surface area (Å²) in [7, 11) is 0. The molecule has 1 N–H and O–H groups in total. The molecule has 1 atom stereocenters. The summed E-state index contributed by atoms with van der Waals surface area (Å²) in [6.45, 7) is 0. The molecule has 0 rings (SSSR count). The maximum absolute atomic E-state index is 11.1. The van der Waals surface area contributed by atoms with Gasteiger partial charge in [-0.15, -0.1) is 0 Å². The molecule has 0 heterocycles. The predicted octanol–water partition coefficient (Wildman–Crippen LogP) is 1.05. The standard InChI is InChI=1S/C3H3F3O/c4-1-2(5)3(6)7/h1,3,7H. The van der Waals surface area contributed by atoms with Crippen molar-refractivity contribution in [2.24, 2.45) is 0 Å². The molecule has 0 aromatic rings. The summed E-state index contributed by atoms with van der Waals surface area (Å²) in [4.78, 5) is 0. The lowest BCUT2D eigenvalue weighted by molar-refractivity contribution is 0.0540. The topological polar surface area (TPSA) is 20.2 Å². The van der Waals surface area contributed by atoms with Crippen LogP contribution in [0.4, 0.5) is 13.2 Å². The van der Waals surface area contributed by atoms with Gasteiger partial charge in [-0.25, -0.2) is 13.2 Å². The van der Waals surface area contributed by atoms with Gasteiger partial charge in [0.15, 0.2) is 5.83 Å². The van der Waals surface area contributed by atoms with Gasteiger partial charge in [-0.1, -0.05) is 0 Å². The van der Waals surface area contributed by atoms with Crippen molar-refractivity contribution < 1.29 is 18.3 Å². The van der Waals surface area contributed by atoms with Crippen molar-refractivity contribution in [3.05, 3.63) is 12.2 Å². The van der Waals surface area contributed by atoms with Crippen LogP contribution in [-0.4, -0.2) is 11.5 Å². The fourth-order valence-electron chi connectivity index (χ4n) is 0.0520. The zero-order valence-electron chi connectivity index (χ0n) is 3.24. The Kier molecular flexibility index (Phi) is 2.44. The first-order chi connectivity index (χ1) is 3.18. The predicted molar refractivity (Wildman–Crippen MR) is 17.4 cm³/mol. The van der Waals surface area contributed by atoms with Crippen molar-refractivity contribution in [1.82, 2.24) is 0 Å². The minimum absolute atomic E-state index is 0.634. The van der Waals surface area contributed by atoms with Gasteiger partial charge in [0.25, 0.3) is 6.36 Å². The highest BCUT2D eigenvalue weighted by Crippen LogP contribution is 2.03. The number of alkyl halides is 1. The smallest absolute Gasteiger partial charge is 0.251 e. The Morgan fingerprint density at radius 2 is 2.14 bits per heavy atom. The Morgan fingerprint density at radius 3 is 2.14 bits per heavy atom. The quantitative estimate of drug-likeness (QED) is 0.537. The lowest BCUT2D eigenvalue weighted by atomic mass is 10.6. The van der Waals surface area contributed by atoms with E-state index in [0.29, 0.717) is 0 Å². The molecular weight excluding hydrogens is 109 g/mol. The van der Waals surface area contributed by atoms with E-state index in [1.54, 1.807) is 0 Å². The van der Waals surface area contributed by atoms with Crippen LogP contribution >= 0.6 is 0 Å². The van der Waals surface area contributed by atoms with Gasteiger partial charge < -0.3 is 5.11 Å². The molecule has 0 saturated carbocycles. The first-order valence-electron chi connectivity index (χ1n) is 1.46. The summed E-state index contributed by atoms with van der Waals surface area (Å²) >= 11 is 0. The van der Waals surface area contributed by atoms with Gasteiger partial charge >= 0.3 is 0 Å². The summed E-state index contributed by atoms with van der Waals surface area (Å²) in [5, 5.41) is 7.47. The monoisotopic (exact) mass is 112 g/mol. The van der Waals surface area contributed by atoms with E-state index in [0.717, 1.165) is 0 Å². The normalized spacial score (nSPS) is 16.9. The Hall–Kier alpha value is -0.510. The van der Waals surface area contributed by atoms with Crippen molar-refractivity contribution in [3.63, 3.8) is 0 Å². The Labute approximate surface area is 38.1 Å². The van der Waals surface area contributed by atoms with Gasteiger partial charge in [-0.05, 0) is 0 Å². The molecule has 0 saturated heterocycles. The zero-order valence-corrected chi connectivity index (χ0v) is 3.24. The van der Waals surface area contributed by atoms with Gasteiger partial charge in [0.1, 0.15) is 6.33 Å². The van der Waals surface area contributed by atoms with Crippen molar-refractivity contribution in [1.29, 1.82) is 0 Å². The molecule has 42 valence electrons. The van der Waals surface area contributed by atoms with E-state index in [9.17, 15) is 13.2 Å². The second-order valence-electron chi connectivity index (χ2n) is 0.830. The maximum atomic E-state index is 11.1. The SMILES string of the molecule is OC(F)C(F)=CF. The number of hydrogen-bond acceptors (Lipinski definition) is 1. The van der Waals surface area contributed by atoms with E-state index in [2.05, 4.69) is 0 Å². The molecule has 0 aromatic carbocycles. The first-order valence-corrected chi connectivity index (χ1v) is 1.46. The van der Waals surface area contributed by atoms with Crippen LogP contribution in [0.5, 0.6) is 0 Å². The Bertz CT molecular complexity index is 78.2. The van der Waals surface area contributed by atoms with Crippen molar-refractivity contribution in [2.75, 3.05) is 0 Å². The first kappa shape index (κ1) is 6.49. The third kappa shape index (κ3) is 2.22. The second kappa shape index (κ2) is 2.63. The molecule has 1 nitrogen and oxygen atoms in total. The number of rotatable bonds is 1. The van der Waals surface area contributed by atoms with Gasteiger partial charge in [0, 0.05) is 0 Å². The number of halogens is 3. The average molecular weight is 112 g/mol. The molecule has 0 amide bonds. The van der Waals surface area contributed by atoms with Crippen molar-refractivity contribution in [3.8, 4) is 0 Å². The molecule has 1 unspecified atom stereocenters. The highest BCUT2D eigenvalue weighted by Gasteiger charge is 2.05. The highest BCUT2D eigenvalue weighted by atomic mass is 19.2. The summed E-state index contributed by atoms with van der Waals surface area (Å²) in [5.74, 6) is -1.81. The van der Waals surface area contributed by atoms with Gasteiger partial charge in [0.05, 0.1) is 0 Å². The summed E-state index contributed by atoms with van der Waals surface area (Å²) < 4.78 is 32.8. The van der Waals surface area contributed by atoms with E-state index in [1.807, 2.05) is 0 Å². The zero-order chi connectivity index (χ0) is 5.86. The fourth-order valence-corrected chi connectivity index (χ4v) is 0.0520. The third-order valence-corrected chi connectivity index (χ3v) is 0.332. The summed E-state index contributed by atoms with van der Waals surface area (Å²) in [6.07, 6.45) is -3.45. The van der Waals surface area contributed by atoms with Crippen LogP contribution in [0.15, 0.2) is 12.2 Å². The molecule has 7 heavy (non-hydrogen) atoms. The molecule has 0 aliphatic rings. The summed E-state index contributed by atoms with van der Waals surface area (Å²) in [6, 6.07) is 0. The number of aliphatic hydroxyl groups excluding tert-OH is 1. The average Bonchev–Trinajstić information content (AvgIpc) is 1.65. The molecule has 0 aliphatic heterocycles. The third-order valence-electron chi connectivity index (χ3n) is 0.332. The Balaban J connectivity index is 3.56. The lowest BCUT2D eigenvalue weighted by Gasteiger charge is -1.89. The maximum Gasteiger partial charge on any atom is 0.251 e. The van der Waals surface area contributed by atoms with Crippen LogP contribution < -0.4 is 0 Å². The molecule has 0 aliphatic carbocycles. The molecule has 0 radical (unpaired) electrons. The van der Waals surface area contributed by atoms with E-state index in [4.69, 9.17) is 5.11 Å². The molecule has 4 heteroatoms. The van der Waals surface area contributed by atoms with E-state index < -0.39 is 18.5 Å². The number of hydrogen-bond donors (Lipinski definition) is 1. The van der Waals surface area contributed by atoms with Crippen LogP contribution in [0.1, 0.15) is 0 Å². The lowest BCUT2D eigenvalue weighted by Crippen LogP contribution is -1.95. The van der Waals surface area contributed by atoms with Crippen molar-refractivity contribution >= 4 is 0 Å². The van der Waals surface area contributed by atoms with Gasteiger partial charge in [-0.3, -0.25) is 0 Å². The molecular formula is C3H3F3O. The minimum atomic E-state index is -2.81. The summed E-state index contributed by atoms with van der Waals surface area (Å²) in [5.41, 5.74) is 0. The van der Waals surface area contributed by atoms with E-state index in [1.165, 1.54) is 0 Å². The Morgan fingerprint density at radius 1 is 1.71 bits per heavy atom. The fraction of sp³-hybridized carbons (Fsp3) is 0.333. The van der Waals surface area contributed by atoms with Gasteiger partial charge in [0.2, 0.25) is 0 Å². The highest BCUT2D eigenvalue weighted by molar-refractivity contribution is 4.86. The molecule has 0 fully saturated rings. The largest absolute Gasteiger partial charge is 0.359 e. The second-order valence-corrected chi connectivity index (χ2v) is 0.830. The van der Waals surface area contributed by atoms with Crippen LogP contribution in [0.25, 0.3) is 0 Å². The molecule has 0 bridgehead atoms. The number of aliphatic hydroxyl groups is 1. The van der Waals surface area contributed by atoms with Crippen molar-refractivity contribution in [2.45, 2.75) is 6.36 Å². The minimum Gasteiger partial charge on any atom is -0.359 e. The van der Waals surface area contributed by atoms with Crippen LogP contribution in [0.3, 0.4) is 0 Å². The van der Waals surface area contributed by atoms with Crippen LogP contribution in [0, 0.1) is 0 Å². The van der Waals surface area contributed by atoms with Gasteiger partial charge in [-0.2, -0.15) is 0 Å². The van der Waals surface area contributed by atoms with E-state index in [-0.39, 0.29) is 0 Å².